The predicted molar refractivity (Wildman–Crippen MR) is 79.4 cm³/mol. The lowest BCUT2D eigenvalue weighted by atomic mass is 9.99. The molecule has 1 aliphatic rings. The number of hydrogen-bond donors (Lipinski definition) is 0. The van der Waals surface area contributed by atoms with Crippen LogP contribution in [0.4, 0.5) is 5.82 Å². The molecule has 0 bridgehead atoms. The third-order valence-electron chi connectivity index (χ3n) is 3.69. The van der Waals surface area contributed by atoms with E-state index in [-0.39, 0.29) is 0 Å². The van der Waals surface area contributed by atoms with Crippen LogP contribution < -0.4 is 4.90 Å². The highest BCUT2D eigenvalue weighted by atomic mass is 35.5. The van der Waals surface area contributed by atoms with Crippen LogP contribution in [-0.4, -0.2) is 36.2 Å². The van der Waals surface area contributed by atoms with Crippen LogP contribution in [0.5, 0.6) is 0 Å². The van der Waals surface area contributed by atoms with E-state index in [1.807, 2.05) is 11.6 Å². The van der Waals surface area contributed by atoms with E-state index in [2.05, 4.69) is 9.30 Å². The van der Waals surface area contributed by atoms with Gasteiger partial charge in [0.25, 0.3) is 0 Å². The van der Waals surface area contributed by atoms with Crippen molar-refractivity contribution in [3.8, 4) is 0 Å². The topological polar surface area (TPSA) is 29.8 Å². The zero-order valence-electron chi connectivity index (χ0n) is 11.0. The highest BCUT2D eigenvalue weighted by molar-refractivity contribution is 7.15. The number of alkyl halides is 1. The second kappa shape index (κ2) is 5.69. The van der Waals surface area contributed by atoms with Crippen LogP contribution in [0, 0.1) is 5.92 Å². The van der Waals surface area contributed by atoms with E-state index in [1.165, 1.54) is 12.8 Å². The Kier molecular flexibility index (Phi) is 3.96. The van der Waals surface area contributed by atoms with E-state index >= 15 is 0 Å². The lowest BCUT2D eigenvalue weighted by Crippen LogP contribution is -2.37. The first-order valence-electron chi connectivity index (χ1n) is 6.57. The monoisotopic (exact) mass is 299 g/mol. The van der Waals surface area contributed by atoms with Crippen molar-refractivity contribution in [1.29, 1.82) is 0 Å². The lowest BCUT2D eigenvalue weighted by Gasteiger charge is -2.33. The number of aromatic nitrogens is 2. The van der Waals surface area contributed by atoms with Crippen molar-refractivity contribution in [3.63, 3.8) is 0 Å². The molecule has 0 aliphatic carbocycles. The van der Waals surface area contributed by atoms with Crippen molar-refractivity contribution in [2.75, 3.05) is 31.7 Å². The molecule has 1 saturated heterocycles. The Balaban J connectivity index is 1.88. The van der Waals surface area contributed by atoms with E-state index in [9.17, 15) is 0 Å². The Labute approximate surface area is 121 Å². The summed E-state index contributed by atoms with van der Waals surface area (Å²) in [6.07, 6.45) is 4.48. The minimum Gasteiger partial charge on any atom is -0.384 e. The number of fused-ring (bicyclic) bond motifs is 1. The Morgan fingerprint density at radius 2 is 2.47 bits per heavy atom. The maximum absolute atomic E-state index is 6.12. The molecule has 1 fully saturated rings. The van der Waals surface area contributed by atoms with Crippen molar-refractivity contribution >= 4 is 33.7 Å². The van der Waals surface area contributed by atoms with Crippen molar-refractivity contribution in [2.24, 2.45) is 5.92 Å². The summed E-state index contributed by atoms with van der Waals surface area (Å²) >= 11 is 7.77. The molecule has 6 heteroatoms. The molecule has 2 aromatic rings. The van der Waals surface area contributed by atoms with E-state index in [0.29, 0.717) is 11.8 Å². The Morgan fingerprint density at radius 1 is 1.58 bits per heavy atom. The maximum Gasteiger partial charge on any atom is 0.195 e. The van der Waals surface area contributed by atoms with Crippen molar-refractivity contribution in [3.05, 3.63) is 17.3 Å². The number of thiazole rings is 1. The summed E-state index contributed by atoms with van der Waals surface area (Å²) in [6.45, 7) is 2.91. The molecule has 0 radical (unpaired) electrons. The molecule has 0 spiro atoms. The van der Waals surface area contributed by atoms with Crippen LogP contribution in [0.1, 0.15) is 18.5 Å². The van der Waals surface area contributed by atoms with Gasteiger partial charge in [-0.2, -0.15) is 0 Å². The summed E-state index contributed by atoms with van der Waals surface area (Å²) in [7, 11) is 1.77. The minimum atomic E-state index is 0.499. The number of halogens is 1. The summed E-state index contributed by atoms with van der Waals surface area (Å²) in [5, 5.41) is 2.05. The molecular weight excluding hydrogens is 282 g/mol. The van der Waals surface area contributed by atoms with Gasteiger partial charge < -0.3 is 9.64 Å². The second-order valence-corrected chi connectivity index (χ2v) is 6.12. The Hall–Kier alpha value is -0.780. The average molecular weight is 300 g/mol. The molecule has 3 heterocycles. The van der Waals surface area contributed by atoms with E-state index in [1.54, 1.807) is 18.4 Å². The molecule has 3 rings (SSSR count). The molecule has 4 nitrogen and oxygen atoms in total. The molecule has 19 heavy (non-hydrogen) atoms. The number of hydrogen-bond acceptors (Lipinski definition) is 4. The van der Waals surface area contributed by atoms with Gasteiger partial charge >= 0.3 is 0 Å². The molecule has 0 saturated carbocycles. The fourth-order valence-corrected chi connectivity index (χ4v) is 3.80. The molecule has 1 unspecified atom stereocenters. The number of piperidine rings is 1. The van der Waals surface area contributed by atoms with Crippen molar-refractivity contribution < 1.29 is 4.74 Å². The SMILES string of the molecule is COCC1CCCN(c2nc3sccn3c2CCl)C1. The fourth-order valence-electron chi connectivity index (χ4n) is 2.83. The number of nitrogens with zero attached hydrogens (tertiary/aromatic N) is 3. The zero-order chi connectivity index (χ0) is 13.2. The molecule has 1 atom stereocenters. The summed E-state index contributed by atoms with van der Waals surface area (Å²) in [4.78, 5) is 8.14. The van der Waals surface area contributed by atoms with E-state index in [0.717, 1.165) is 36.2 Å². The summed E-state index contributed by atoms with van der Waals surface area (Å²) < 4.78 is 7.39. The van der Waals surface area contributed by atoms with Crippen LogP contribution in [0.25, 0.3) is 4.96 Å². The summed E-state index contributed by atoms with van der Waals surface area (Å²) in [5.74, 6) is 2.16. The third-order valence-corrected chi connectivity index (χ3v) is 4.70. The largest absolute Gasteiger partial charge is 0.384 e. The highest BCUT2D eigenvalue weighted by Crippen LogP contribution is 2.29. The molecule has 2 aromatic heterocycles. The van der Waals surface area contributed by atoms with E-state index < -0.39 is 0 Å². The lowest BCUT2D eigenvalue weighted by molar-refractivity contribution is 0.143. The second-order valence-electron chi connectivity index (χ2n) is 4.98. The number of anilines is 1. The number of methoxy groups -OCH3 is 1. The summed E-state index contributed by atoms with van der Waals surface area (Å²) in [6, 6.07) is 0. The normalized spacial score (nSPS) is 20.3. The van der Waals surface area contributed by atoms with Gasteiger partial charge in [-0.05, 0) is 18.8 Å². The molecule has 104 valence electrons. The van der Waals surface area contributed by atoms with Gasteiger partial charge in [0.1, 0.15) is 0 Å². The van der Waals surface area contributed by atoms with Crippen LogP contribution in [0.3, 0.4) is 0 Å². The van der Waals surface area contributed by atoms with Gasteiger partial charge in [0.15, 0.2) is 10.8 Å². The Morgan fingerprint density at radius 3 is 3.26 bits per heavy atom. The van der Waals surface area contributed by atoms with Crippen LogP contribution in [-0.2, 0) is 10.6 Å². The first-order chi connectivity index (χ1) is 9.33. The van der Waals surface area contributed by atoms with Gasteiger partial charge in [-0.1, -0.05) is 0 Å². The van der Waals surface area contributed by atoms with Crippen LogP contribution in [0.2, 0.25) is 0 Å². The summed E-state index contributed by atoms with van der Waals surface area (Å²) in [5.41, 5.74) is 1.11. The van der Waals surface area contributed by atoms with Gasteiger partial charge in [0.2, 0.25) is 0 Å². The number of ether oxygens (including phenoxy) is 1. The zero-order valence-corrected chi connectivity index (χ0v) is 12.6. The first-order valence-corrected chi connectivity index (χ1v) is 7.99. The quantitative estimate of drug-likeness (QED) is 0.813. The molecular formula is C13H18ClN3OS. The van der Waals surface area contributed by atoms with Gasteiger partial charge in [-0.3, -0.25) is 4.40 Å². The minimum absolute atomic E-state index is 0.499. The van der Waals surface area contributed by atoms with Crippen LogP contribution >= 0.6 is 22.9 Å². The molecule has 1 aliphatic heterocycles. The van der Waals surface area contributed by atoms with Gasteiger partial charge in [-0.15, -0.1) is 22.9 Å². The maximum atomic E-state index is 6.12. The first kappa shape index (κ1) is 13.2. The molecule has 0 N–H and O–H groups in total. The number of rotatable bonds is 4. The fraction of sp³-hybridized carbons (Fsp3) is 0.615. The number of imidazole rings is 1. The van der Waals surface area contributed by atoms with Gasteiger partial charge in [-0.25, -0.2) is 4.98 Å². The predicted octanol–water partition coefficient (Wildman–Crippen LogP) is 3.00. The highest BCUT2D eigenvalue weighted by Gasteiger charge is 2.24. The average Bonchev–Trinajstić information content (AvgIpc) is 2.99. The van der Waals surface area contributed by atoms with Gasteiger partial charge in [0, 0.05) is 31.8 Å². The molecule has 0 aromatic carbocycles. The van der Waals surface area contributed by atoms with E-state index in [4.69, 9.17) is 21.3 Å². The molecule has 0 amide bonds. The van der Waals surface area contributed by atoms with Crippen molar-refractivity contribution in [2.45, 2.75) is 18.7 Å². The Bertz CT molecular complexity index is 551. The third kappa shape index (κ3) is 2.47. The smallest absolute Gasteiger partial charge is 0.195 e. The van der Waals surface area contributed by atoms with Crippen molar-refractivity contribution in [1.82, 2.24) is 9.38 Å². The van der Waals surface area contributed by atoms with Gasteiger partial charge in [0.05, 0.1) is 18.2 Å². The standard InChI is InChI=1S/C13H18ClN3OS/c1-18-9-10-3-2-4-16(8-10)12-11(7-14)17-5-6-19-13(17)15-12/h5-6,10H,2-4,7-9H2,1H3. The van der Waals surface area contributed by atoms with Crippen LogP contribution in [0.15, 0.2) is 11.6 Å².